The highest BCUT2D eigenvalue weighted by atomic mass is 16.6. The number of amides is 1. The van der Waals surface area contributed by atoms with E-state index in [0.29, 0.717) is 39.2 Å². The molecule has 17 heavy (non-hydrogen) atoms. The minimum Gasteiger partial charge on any atom is -0.480 e. The maximum absolute atomic E-state index is 11.4. The molecule has 0 radical (unpaired) electrons. The van der Waals surface area contributed by atoms with Crippen molar-refractivity contribution in [2.45, 2.75) is 26.3 Å². The molecule has 1 saturated heterocycles. The molecule has 1 aliphatic rings. The second-order valence-electron chi connectivity index (χ2n) is 3.98. The minimum atomic E-state index is -0.794. The fourth-order valence-electron chi connectivity index (χ4n) is 2.02. The van der Waals surface area contributed by atoms with Crippen LogP contribution < -0.4 is 0 Å². The van der Waals surface area contributed by atoms with E-state index in [2.05, 4.69) is 0 Å². The zero-order valence-electron chi connectivity index (χ0n) is 10.4. The lowest BCUT2D eigenvalue weighted by Crippen LogP contribution is -2.53. The van der Waals surface area contributed by atoms with E-state index in [9.17, 15) is 9.59 Å². The van der Waals surface area contributed by atoms with Crippen LogP contribution in [-0.2, 0) is 9.53 Å². The molecular formula is C11H20N2O4. The van der Waals surface area contributed by atoms with Gasteiger partial charge in [-0.3, -0.25) is 9.69 Å². The highest BCUT2D eigenvalue weighted by Crippen LogP contribution is 2.10. The molecule has 0 aliphatic carbocycles. The Morgan fingerprint density at radius 2 is 1.82 bits per heavy atom. The Labute approximate surface area is 101 Å². The van der Waals surface area contributed by atoms with Crippen molar-refractivity contribution in [2.75, 3.05) is 32.8 Å². The zero-order valence-corrected chi connectivity index (χ0v) is 10.4. The topological polar surface area (TPSA) is 70.1 Å². The van der Waals surface area contributed by atoms with Gasteiger partial charge in [0, 0.05) is 26.2 Å². The summed E-state index contributed by atoms with van der Waals surface area (Å²) in [5.74, 6) is -0.794. The third-order valence-corrected chi connectivity index (χ3v) is 2.95. The maximum atomic E-state index is 11.4. The molecule has 0 aromatic heterocycles. The molecule has 0 saturated carbocycles. The molecule has 1 rings (SSSR count). The zero-order chi connectivity index (χ0) is 12.8. The van der Waals surface area contributed by atoms with Gasteiger partial charge >= 0.3 is 12.1 Å². The first kappa shape index (κ1) is 13.8. The summed E-state index contributed by atoms with van der Waals surface area (Å²) in [6.07, 6.45) is 0.268. The van der Waals surface area contributed by atoms with E-state index < -0.39 is 12.0 Å². The summed E-state index contributed by atoms with van der Waals surface area (Å²) in [5.41, 5.74) is 0. The number of piperazine rings is 1. The van der Waals surface area contributed by atoms with Gasteiger partial charge in [-0.2, -0.15) is 0 Å². The predicted molar refractivity (Wildman–Crippen MR) is 61.9 cm³/mol. The first-order valence-corrected chi connectivity index (χ1v) is 5.98. The third kappa shape index (κ3) is 3.59. The molecule has 6 heteroatoms. The van der Waals surface area contributed by atoms with E-state index in [4.69, 9.17) is 9.84 Å². The average molecular weight is 244 g/mol. The van der Waals surface area contributed by atoms with Gasteiger partial charge < -0.3 is 14.7 Å². The van der Waals surface area contributed by atoms with Crippen molar-refractivity contribution >= 4 is 12.1 Å². The molecule has 1 N–H and O–H groups in total. The summed E-state index contributed by atoms with van der Waals surface area (Å²) in [4.78, 5) is 26.0. The summed E-state index contributed by atoms with van der Waals surface area (Å²) < 4.78 is 4.90. The number of rotatable bonds is 4. The molecule has 1 aliphatic heterocycles. The monoisotopic (exact) mass is 244 g/mol. The number of carboxylic acid groups (broad SMARTS) is 1. The van der Waals surface area contributed by atoms with Crippen LogP contribution in [0.2, 0.25) is 0 Å². The van der Waals surface area contributed by atoms with Gasteiger partial charge in [0.1, 0.15) is 6.04 Å². The van der Waals surface area contributed by atoms with E-state index in [0.717, 1.165) is 0 Å². The lowest BCUT2D eigenvalue weighted by Gasteiger charge is -2.36. The third-order valence-electron chi connectivity index (χ3n) is 2.95. The molecule has 1 atom stereocenters. The van der Waals surface area contributed by atoms with Gasteiger partial charge in [-0.15, -0.1) is 0 Å². The van der Waals surface area contributed by atoms with Crippen molar-refractivity contribution in [3.8, 4) is 0 Å². The molecule has 1 fully saturated rings. The Morgan fingerprint density at radius 1 is 1.24 bits per heavy atom. The number of ether oxygens (including phenoxy) is 1. The first-order chi connectivity index (χ1) is 8.10. The molecule has 6 nitrogen and oxygen atoms in total. The fourth-order valence-corrected chi connectivity index (χ4v) is 2.02. The smallest absolute Gasteiger partial charge is 0.409 e. The van der Waals surface area contributed by atoms with Gasteiger partial charge in [0.2, 0.25) is 0 Å². The van der Waals surface area contributed by atoms with E-state index >= 15 is 0 Å². The summed E-state index contributed by atoms with van der Waals surface area (Å²) in [6, 6.07) is -0.445. The van der Waals surface area contributed by atoms with Crippen LogP contribution in [-0.4, -0.2) is 65.8 Å². The second kappa shape index (κ2) is 6.44. The van der Waals surface area contributed by atoms with E-state index in [-0.39, 0.29) is 6.09 Å². The largest absolute Gasteiger partial charge is 0.480 e. The Hall–Kier alpha value is -1.30. The van der Waals surface area contributed by atoms with Crippen molar-refractivity contribution in [1.29, 1.82) is 0 Å². The van der Waals surface area contributed by atoms with Gasteiger partial charge in [0.05, 0.1) is 6.61 Å². The van der Waals surface area contributed by atoms with Crippen LogP contribution in [0.4, 0.5) is 4.79 Å². The summed E-state index contributed by atoms with van der Waals surface area (Å²) in [7, 11) is 0. The van der Waals surface area contributed by atoms with Crippen LogP contribution in [0.15, 0.2) is 0 Å². The lowest BCUT2D eigenvalue weighted by atomic mass is 10.1. The van der Waals surface area contributed by atoms with Crippen LogP contribution in [0.3, 0.4) is 0 Å². The van der Waals surface area contributed by atoms with Crippen LogP contribution in [0.25, 0.3) is 0 Å². The molecule has 98 valence electrons. The number of carbonyl (C=O) groups is 2. The normalized spacial score (nSPS) is 18.8. The van der Waals surface area contributed by atoms with Crippen LogP contribution in [0.1, 0.15) is 20.3 Å². The number of hydrogen-bond acceptors (Lipinski definition) is 4. The fraction of sp³-hybridized carbons (Fsp3) is 0.818. The highest BCUT2D eigenvalue weighted by Gasteiger charge is 2.29. The average Bonchev–Trinajstić information content (AvgIpc) is 2.30. The number of nitrogens with zero attached hydrogens (tertiary/aromatic N) is 2. The Balaban J connectivity index is 2.44. The highest BCUT2D eigenvalue weighted by molar-refractivity contribution is 5.73. The molecule has 0 unspecified atom stereocenters. The van der Waals surface area contributed by atoms with E-state index in [1.807, 2.05) is 11.8 Å². The van der Waals surface area contributed by atoms with Gasteiger partial charge in [0.25, 0.3) is 0 Å². The van der Waals surface area contributed by atoms with Crippen molar-refractivity contribution < 1.29 is 19.4 Å². The standard InChI is InChI=1S/C11H20N2O4/c1-3-9(10(14)15)12-5-7-13(8-6-12)11(16)17-4-2/h9H,3-8H2,1-2H3,(H,14,15)/t9-/m1/s1. The Bertz CT molecular complexity index is 275. The van der Waals surface area contributed by atoms with Crippen molar-refractivity contribution in [3.63, 3.8) is 0 Å². The van der Waals surface area contributed by atoms with Crippen LogP contribution in [0.5, 0.6) is 0 Å². The molecule has 1 amide bonds. The van der Waals surface area contributed by atoms with Crippen molar-refractivity contribution in [3.05, 3.63) is 0 Å². The number of carboxylic acids is 1. The molecule has 0 aromatic rings. The quantitative estimate of drug-likeness (QED) is 0.785. The molecule has 1 heterocycles. The molecule has 0 bridgehead atoms. The summed E-state index contributed by atoms with van der Waals surface area (Å²) >= 11 is 0. The first-order valence-electron chi connectivity index (χ1n) is 5.98. The predicted octanol–water partition coefficient (Wildman–Crippen LogP) is 0.624. The van der Waals surface area contributed by atoms with E-state index in [1.54, 1.807) is 11.8 Å². The minimum absolute atomic E-state index is 0.310. The molecule has 0 aromatic carbocycles. The second-order valence-corrected chi connectivity index (χ2v) is 3.98. The number of hydrogen-bond donors (Lipinski definition) is 1. The van der Waals surface area contributed by atoms with Gasteiger partial charge in [-0.05, 0) is 13.3 Å². The Morgan fingerprint density at radius 3 is 2.24 bits per heavy atom. The number of carbonyl (C=O) groups excluding carboxylic acids is 1. The van der Waals surface area contributed by atoms with Crippen molar-refractivity contribution in [2.24, 2.45) is 0 Å². The summed E-state index contributed by atoms with van der Waals surface area (Å²) in [6.45, 7) is 6.23. The van der Waals surface area contributed by atoms with Gasteiger partial charge in [-0.25, -0.2) is 4.79 Å². The van der Waals surface area contributed by atoms with Crippen molar-refractivity contribution in [1.82, 2.24) is 9.80 Å². The van der Waals surface area contributed by atoms with E-state index in [1.165, 1.54) is 0 Å². The SMILES string of the molecule is CCOC(=O)N1CCN([C@H](CC)C(=O)O)CC1. The number of aliphatic carboxylic acids is 1. The van der Waals surface area contributed by atoms with Crippen LogP contribution in [0, 0.1) is 0 Å². The molecule has 0 spiro atoms. The Kier molecular flexibility index (Phi) is 5.21. The van der Waals surface area contributed by atoms with Gasteiger partial charge in [-0.1, -0.05) is 6.92 Å². The molecular weight excluding hydrogens is 224 g/mol. The van der Waals surface area contributed by atoms with Crippen LogP contribution >= 0.6 is 0 Å². The van der Waals surface area contributed by atoms with Gasteiger partial charge in [0.15, 0.2) is 0 Å². The maximum Gasteiger partial charge on any atom is 0.409 e. The summed E-state index contributed by atoms with van der Waals surface area (Å²) in [5, 5.41) is 9.04. The lowest BCUT2D eigenvalue weighted by molar-refractivity contribution is -0.144.